The van der Waals surface area contributed by atoms with Gasteiger partial charge in [-0.2, -0.15) is 0 Å². The molecule has 3 atom stereocenters. The molecule has 1 aromatic carbocycles. The predicted molar refractivity (Wildman–Crippen MR) is 98.3 cm³/mol. The number of carbonyl (C=O) groups excluding carboxylic acids is 1. The first-order valence-corrected chi connectivity index (χ1v) is 9.44. The van der Waals surface area contributed by atoms with Crippen LogP contribution >= 0.6 is 0 Å². The summed E-state index contributed by atoms with van der Waals surface area (Å²) >= 11 is 0. The van der Waals surface area contributed by atoms with Crippen LogP contribution in [0.1, 0.15) is 55.2 Å². The Morgan fingerprint density at radius 3 is 2.62 bits per heavy atom. The molecular formula is C21H28N2O. The van der Waals surface area contributed by atoms with Gasteiger partial charge in [-0.05, 0) is 67.2 Å². The van der Waals surface area contributed by atoms with Crippen molar-refractivity contribution in [2.75, 3.05) is 13.1 Å². The molecule has 0 unspecified atom stereocenters. The molecule has 3 nitrogen and oxygen atoms in total. The van der Waals surface area contributed by atoms with E-state index in [-0.39, 0.29) is 5.91 Å². The number of hydrogen-bond donors (Lipinski definition) is 1. The van der Waals surface area contributed by atoms with Gasteiger partial charge in [0.1, 0.15) is 0 Å². The van der Waals surface area contributed by atoms with Crippen LogP contribution in [0.25, 0.3) is 10.9 Å². The number of piperidine rings is 1. The van der Waals surface area contributed by atoms with Crippen LogP contribution in [0.15, 0.2) is 18.2 Å². The lowest BCUT2D eigenvalue weighted by Crippen LogP contribution is -2.42. The molecule has 1 fully saturated rings. The average molecular weight is 324 g/mol. The number of nitrogens with one attached hydrogen (secondary N) is 1. The summed E-state index contributed by atoms with van der Waals surface area (Å²) in [5, 5.41) is 1.26. The molecule has 128 valence electrons. The maximum Gasteiger partial charge on any atom is 0.253 e. The molecule has 3 heteroatoms. The Hall–Kier alpha value is -1.77. The zero-order valence-electron chi connectivity index (χ0n) is 15.1. The second-order valence-electron chi connectivity index (χ2n) is 8.35. The number of aromatic nitrogens is 1. The lowest BCUT2D eigenvalue weighted by Gasteiger charge is -2.35. The van der Waals surface area contributed by atoms with Crippen LogP contribution in [-0.2, 0) is 12.8 Å². The van der Waals surface area contributed by atoms with E-state index in [1.54, 1.807) is 0 Å². The first-order chi connectivity index (χ1) is 11.5. The fourth-order valence-corrected chi connectivity index (χ4v) is 4.74. The zero-order chi connectivity index (χ0) is 16.8. The van der Waals surface area contributed by atoms with Crippen molar-refractivity contribution in [2.24, 2.45) is 17.8 Å². The lowest BCUT2D eigenvalue weighted by atomic mass is 9.87. The van der Waals surface area contributed by atoms with Crippen molar-refractivity contribution in [2.45, 2.75) is 46.5 Å². The van der Waals surface area contributed by atoms with Crippen LogP contribution in [0.2, 0.25) is 0 Å². The third-order valence-electron chi connectivity index (χ3n) is 5.84. The molecule has 2 aromatic rings. The van der Waals surface area contributed by atoms with E-state index < -0.39 is 0 Å². The summed E-state index contributed by atoms with van der Waals surface area (Å²) in [4.78, 5) is 18.6. The number of amides is 1. The van der Waals surface area contributed by atoms with E-state index in [4.69, 9.17) is 0 Å². The fraction of sp³-hybridized carbons (Fsp3) is 0.571. The summed E-state index contributed by atoms with van der Waals surface area (Å²) in [6.07, 6.45) is 4.75. The topological polar surface area (TPSA) is 36.1 Å². The number of rotatable bonds is 1. The van der Waals surface area contributed by atoms with E-state index in [0.29, 0.717) is 11.8 Å². The molecule has 1 aliphatic carbocycles. The molecule has 0 spiro atoms. The number of carbonyl (C=O) groups is 1. The first kappa shape index (κ1) is 15.7. The van der Waals surface area contributed by atoms with Gasteiger partial charge in [-0.15, -0.1) is 0 Å². The number of aromatic amines is 1. The summed E-state index contributed by atoms with van der Waals surface area (Å²) in [7, 11) is 0. The van der Waals surface area contributed by atoms with Crippen molar-refractivity contribution in [1.82, 2.24) is 9.88 Å². The largest absolute Gasteiger partial charge is 0.358 e. The standard InChI is InChI=1S/C21H28N2O/c1-13-4-6-19-17(9-13)18-10-16(5-7-20(18)22-19)21(24)23-11-14(2)8-15(3)12-23/h5,7,10,13-15,22H,4,6,8-9,11-12H2,1-3H3/t13-,14-,15-/m0/s1. The van der Waals surface area contributed by atoms with E-state index in [2.05, 4.69) is 42.8 Å². The number of H-pyrrole nitrogens is 1. The molecule has 1 aromatic heterocycles. The van der Waals surface area contributed by atoms with E-state index in [0.717, 1.165) is 37.4 Å². The zero-order valence-corrected chi connectivity index (χ0v) is 15.1. The van der Waals surface area contributed by atoms with Crippen molar-refractivity contribution < 1.29 is 4.79 Å². The first-order valence-electron chi connectivity index (χ1n) is 9.44. The van der Waals surface area contributed by atoms with Gasteiger partial charge < -0.3 is 9.88 Å². The maximum atomic E-state index is 13.0. The highest BCUT2D eigenvalue weighted by atomic mass is 16.2. The van der Waals surface area contributed by atoms with Crippen LogP contribution in [0, 0.1) is 17.8 Å². The van der Waals surface area contributed by atoms with Gasteiger partial charge in [0.05, 0.1) is 0 Å². The molecule has 4 rings (SSSR count). The van der Waals surface area contributed by atoms with E-state index in [1.807, 2.05) is 6.07 Å². The van der Waals surface area contributed by atoms with Crippen LogP contribution in [0.3, 0.4) is 0 Å². The minimum atomic E-state index is 0.203. The van der Waals surface area contributed by atoms with Crippen LogP contribution in [0.5, 0.6) is 0 Å². The molecule has 2 aliphatic rings. The Labute approximate surface area is 144 Å². The molecule has 0 saturated carbocycles. The van der Waals surface area contributed by atoms with Gasteiger partial charge in [-0.25, -0.2) is 0 Å². The smallest absolute Gasteiger partial charge is 0.253 e. The fourth-order valence-electron chi connectivity index (χ4n) is 4.74. The Balaban J connectivity index is 1.67. The highest BCUT2D eigenvalue weighted by Crippen LogP contribution is 2.32. The van der Waals surface area contributed by atoms with Crippen LogP contribution < -0.4 is 0 Å². The molecule has 1 saturated heterocycles. The second-order valence-corrected chi connectivity index (χ2v) is 8.35. The molecule has 24 heavy (non-hydrogen) atoms. The predicted octanol–water partition coefficient (Wildman–Crippen LogP) is 4.41. The van der Waals surface area contributed by atoms with Crippen molar-refractivity contribution in [3.8, 4) is 0 Å². The van der Waals surface area contributed by atoms with Gasteiger partial charge in [-0.3, -0.25) is 4.79 Å². The van der Waals surface area contributed by atoms with Crippen LogP contribution in [0.4, 0.5) is 0 Å². The highest BCUT2D eigenvalue weighted by molar-refractivity contribution is 5.99. The van der Waals surface area contributed by atoms with Gasteiger partial charge in [0.25, 0.3) is 5.91 Å². The van der Waals surface area contributed by atoms with Crippen molar-refractivity contribution in [3.05, 3.63) is 35.0 Å². The molecular weight excluding hydrogens is 296 g/mol. The monoisotopic (exact) mass is 324 g/mol. The van der Waals surface area contributed by atoms with E-state index >= 15 is 0 Å². The number of likely N-dealkylation sites (tertiary alicyclic amines) is 1. The quantitative estimate of drug-likeness (QED) is 0.828. The molecule has 0 bridgehead atoms. The summed E-state index contributed by atoms with van der Waals surface area (Å²) in [6.45, 7) is 8.62. The Bertz CT molecular complexity index is 765. The van der Waals surface area contributed by atoms with Gasteiger partial charge in [0.15, 0.2) is 0 Å². The Morgan fingerprint density at radius 1 is 1.12 bits per heavy atom. The molecule has 1 amide bonds. The number of fused-ring (bicyclic) bond motifs is 3. The van der Waals surface area contributed by atoms with Crippen molar-refractivity contribution >= 4 is 16.8 Å². The minimum Gasteiger partial charge on any atom is -0.358 e. The number of benzene rings is 1. The highest BCUT2D eigenvalue weighted by Gasteiger charge is 2.27. The number of nitrogens with zero attached hydrogens (tertiary/aromatic N) is 1. The van der Waals surface area contributed by atoms with E-state index in [9.17, 15) is 4.79 Å². The van der Waals surface area contributed by atoms with Crippen LogP contribution in [-0.4, -0.2) is 28.9 Å². The molecule has 1 N–H and O–H groups in total. The van der Waals surface area contributed by atoms with E-state index in [1.165, 1.54) is 35.0 Å². The number of hydrogen-bond acceptors (Lipinski definition) is 1. The Morgan fingerprint density at radius 2 is 1.88 bits per heavy atom. The summed E-state index contributed by atoms with van der Waals surface area (Å²) in [6, 6.07) is 6.23. The Kier molecular flexibility index (Phi) is 3.90. The lowest BCUT2D eigenvalue weighted by molar-refractivity contribution is 0.0623. The summed E-state index contributed by atoms with van der Waals surface area (Å²) < 4.78 is 0. The minimum absolute atomic E-state index is 0.203. The number of aryl methyl sites for hydroxylation is 1. The molecule has 0 radical (unpaired) electrons. The summed E-state index contributed by atoms with van der Waals surface area (Å²) in [5.41, 5.74) is 4.86. The molecule has 1 aliphatic heterocycles. The van der Waals surface area contributed by atoms with Crippen molar-refractivity contribution in [3.63, 3.8) is 0 Å². The average Bonchev–Trinajstić information content (AvgIpc) is 2.90. The third kappa shape index (κ3) is 2.74. The third-order valence-corrected chi connectivity index (χ3v) is 5.84. The molecule has 2 heterocycles. The SMILES string of the molecule is C[C@H]1CCc2[nH]c3ccc(C(=O)N4C[C@@H](C)C[C@H](C)C4)cc3c2C1. The second kappa shape index (κ2) is 5.94. The maximum absolute atomic E-state index is 13.0. The van der Waals surface area contributed by atoms with Gasteiger partial charge >= 0.3 is 0 Å². The van der Waals surface area contributed by atoms with Crippen molar-refractivity contribution in [1.29, 1.82) is 0 Å². The van der Waals surface area contributed by atoms with Gasteiger partial charge in [0.2, 0.25) is 0 Å². The van der Waals surface area contributed by atoms with Gasteiger partial charge in [0, 0.05) is 35.2 Å². The van der Waals surface area contributed by atoms with Gasteiger partial charge in [-0.1, -0.05) is 20.8 Å². The normalized spacial score (nSPS) is 27.3. The summed E-state index contributed by atoms with van der Waals surface area (Å²) in [5.74, 6) is 2.14.